The Labute approximate surface area is 147 Å². The second kappa shape index (κ2) is 7.34. The number of nitrogens with zero attached hydrogens (tertiary/aromatic N) is 3. The Morgan fingerprint density at radius 3 is 2.56 bits per heavy atom. The molecular formula is C19H22N4O2. The largest absolute Gasteiger partial charge is 0.339 e. The maximum atomic E-state index is 12.5. The Kier molecular flexibility index (Phi) is 4.97. The van der Waals surface area contributed by atoms with E-state index in [2.05, 4.69) is 17.0 Å². The van der Waals surface area contributed by atoms with Gasteiger partial charge in [-0.1, -0.05) is 24.8 Å². The molecule has 1 aliphatic rings. The fourth-order valence-corrected chi connectivity index (χ4v) is 3.09. The molecule has 1 saturated heterocycles. The van der Waals surface area contributed by atoms with Gasteiger partial charge in [-0.2, -0.15) is 0 Å². The van der Waals surface area contributed by atoms with Crippen LogP contribution in [0.4, 0.5) is 5.82 Å². The average Bonchev–Trinajstić information content (AvgIpc) is 3.02. The summed E-state index contributed by atoms with van der Waals surface area (Å²) in [4.78, 5) is 25.8. The summed E-state index contributed by atoms with van der Waals surface area (Å²) in [6.45, 7) is 6.62. The smallest absolute Gasteiger partial charge is 0.245 e. The number of amides is 2. The fourth-order valence-electron chi connectivity index (χ4n) is 3.09. The van der Waals surface area contributed by atoms with E-state index in [0.717, 1.165) is 11.4 Å². The summed E-state index contributed by atoms with van der Waals surface area (Å²) in [6, 6.07) is 11.7. The summed E-state index contributed by atoms with van der Waals surface area (Å²) in [7, 11) is 0. The van der Waals surface area contributed by atoms with Crippen molar-refractivity contribution in [2.75, 3.05) is 18.4 Å². The molecule has 0 saturated carbocycles. The molecule has 1 aliphatic heterocycles. The molecule has 0 aliphatic carbocycles. The number of rotatable bonds is 4. The third-order valence-electron chi connectivity index (χ3n) is 4.49. The number of aromatic nitrogens is 2. The van der Waals surface area contributed by atoms with Crippen LogP contribution >= 0.6 is 0 Å². The molecule has 2 heterocycles. The average molecular weight is 338 g/mol. The second-order valence-electron chi connectivity index (χ2n) is 6.21. The number of carbonyl (C=O) groups is 2. The minimum atomic E-state index is -0.101. The highest BCUT2D eigenvalue weighted by molar-refractivity contribution is 5.92. The number of piperidine rings is 1. The Morgan fingerprint density at radius 2 is 1.92 bits per heavy atom. The first kappa shape index (κ1) is 17.0. The first-order valence-electron chi connectivity index (χ1n) is 8.43. The van der Waals surface area contributed by atoms with Crippen molar-refractivity contribution in [2.24, 2.45) is 5.92 Å². The minimum absolute atomic E-state index is 0.0385. The molecule has 6 nitrogen and oxygen atoms in total. The van der Waals surface area contributed by atoms with Crippen molar-refractivity contribution in [1.82, 2.24) is 14.7 Å². The third-order valence-corrected chi connectivity index (χ3v) is 4.49. The normalized spacial score (nSPS) is 15.0. The summed E-state index contributed by atoms with van der Waals surface area (Å²) in [5.41, 5.74) is 1.91. The van der Waals surface area contributed by atoms with Crippen LogP contribution in [0, 0.1) is 12.8 Å². The number of anilines is 1. The van der Waals surface area contributed by atoms with E-state index < -0.39 is 0 Å². The molecule has 1 fully saturated rings. The van der Waals surface area contributed by atoms with Crippen LogP contribution in [-0.4, -0.2) is 39.6 Å². The van der Waals surface area contributed by atoms with Gasteiger partial charge in [0.15, 0.2) is 5.82 Å². The van der Waals surface area contributed by atoms with Crippen molar-refractivity contribution in [2.45, 2.75) is 19.8 Å². The van der Waals surface area contributed by atoms with Crippen molar-refractivity contribution < 1.29 is 9.59 Å². The maximum absolute atomic E-state index is 12.5. The summed E-state index contributed by atoms with van der Waals surface area (Å²) >= 11 is 0. The number of nitrogens with one attached hydrogen (secondary N) is 1. The monoisotopic (exact) mass is 338 g/mol. The molecule has 130 valence electrons. The Hall–Kier alpha value is -2.89. The molecule has 2 amide bonds. The van der Waals surface area contributed by atoms with Gasteiger partial charge in [0.1, 0.15) is 0 Å². The van der Waals surface area contributed by atoms with Crippen molar-refractivity contribution >= 4 is 17.6 Å². The predicted molar refractivity (Wildman–Crippen MR) is 96.4 cm³/mol. The number of benzene rings is 1. The van der Waals surface area contributed by atoms with Gasteiger partial charge in [-0.15, -0.1) is 5.10 Å². The molecule has 0 spiro atoms. The molecule has 1 aromatic carbocycles. The maximum Gasteiger partial charge on any atom is 0.245 e. The van der Waals surface area contributed by atoms with Gasteiger partial charge in [0.25, 0.3) is 0 Å². The highest BCUT2D eigenvalue weighted by Gasteiger charge is 2.27. The molecule has 0 bridgehead atoms. The lowest BCUT2D eigenvalue weighted by atomic mass is 9.96. The second-order valence-corrected chi connectivity index (χ2v) is 6.21. The predicted octanol–water partition coefficient (Wildman–Crippen LogP) is 2.54. The number of hydrogen-bond donors (Lipinski definition) is 1. The Morgan fingerprint density at radius 1 is 1.24 bits per heavy atom. The number of carbonyl (C=O) groups excluding carboxylic acids is 2. The molecule has 1 N–H and O–H groups in total. The SMILES string of the molecule is C=CC(=O)N1CCC(C(=O)Nc2cc(C)n(-c3ccccc3)n2)CC1. The first-order chi connectivity index (χ1) is 12.1. The van der Waals surface area contributed by atoms with E-state index >= 15 is 0 Å². The summed E-state index contributed by atoms with van der Waals surface area (Å²) < 4.78 is 1.81. The number of likely N-dealkylation sites (tertiary alicyclic amines) is 1. The first-order valence-corrected chi connectivity index (χ1v) is 8.43. The van der Waals surface area contributed by atoms with Crippen molar-refractivity contribution in [3.05, 3.63) is 54.7 Å². The Bertz CT molecular complexity index is 774. The zero-order chi connectivity index (χ0) is 17.8. The highest BCUT2D eigenvalue weighted by Crippen LogP contribution is 2.20. The van der Waals surface area contributed by atoms with Crippen molar-refractivity contribution in [3.8, 4) is 5.69 Å². The van der Waals surface area contributed by atoms with E-state index in [0.29, 0.717) is 31.7 Å². The van der Waals surface area contributed by atoms with Crippen molar-refractivity contribution in [1.29, 1.82) is 0 Å². The molecule has 0 unspecified atom stereocenters. The number of para-hydroxylation sites is 1. The zero-order valence-electron chi connectivity index (χ0n) is 14.3. The Balaban J connectivity index is 1.63. The van der Waals surface area contributed by atoms with Crippen LogP contribution in [0.15, 0.2) is 49.1 Å². The molecule has 3 rings (SSSR count). The molecular weight excluding hydrogens is 316 g/mol. The van der Waals surface area contributed by atoms with E-state index in [1.54, 1.807) is 9.58 Å². The van der Waals surface area contributed by atoms with Crippen LogP contribution in [0.1, 0.15) is 18.5 Å². The van der Waals surface area contributed by atoms with E-state index in [1.165, 1.54) is 6.08 Å². The molecule has 0 atom stereocenters. The standard InChI is InChI=1S/C19H22N4O2/c1-3-18(24)22-11-9-15(10-12-22)19(25)20-17-13-14(2)23(21-17)16-7-5-4-6-8-16/h3-8,13,15H,1,9-12H2,2H3,(H,20,21,25). The lowest BCUT2D eigenvalue weighted by Gasteiger charge is -2.30. The van der Waals surface area contributed by atoms with Crippen LogP contribution in [0.25, 0.3) is 5.69 Å². The molecule has 6 heteroatoms. The number of hydrogen-bond acceptors (Lipinski definition) is 3. The summed E-state index contributed by atoms with van der Waals surface area (Å²) in [5.74, 6) is 0.339. The van der Waals surface area contributed by atoms with Gasteiger partial charge in [0, 0.05) is 30.8 Å². The molecule has 1 aromatic heterocycles. The zero-order valence-corrected chi connectivity index (χ0v) is 14.3. The summed E-state index contributed by atoms with van der Waals surface area (Å²) in [5, 5.41) is 7.38. The van der Waals surface area contributed by atoms with E-state index in [4.69, 9.17) is 0 Å². The van der Waals surface area contributed by atoms with E-state index in [-0.39, 0.29) is 17.7 Å². The molecule has 0 radical (unpaired) electrons. The third kappa shape index (κ3) is 3.79. The van der Waals surface area contributed by atoms with Crippen LogP contribution in [0.2, 0.25) is 0 Å². The lowest BCUT2D eigenvalue weighted by Crippen LogP contribution is -2.40. The topological polar surface area (TPSA) is 67.2 Å². The van der Waals surface area contributed by atoms with Gasteiger partial charge in [-0.05, 0) is 38.0 Å². The lowest BCUT2D eigenvalue weighted by molar-refractivity contribution is -0.130. The minimum Gasteiger partial charge on any atom is -0.339 e. The van der Waals surface area contributed by atoms with Gasteiger partial charge in [0.05, 0.1) is 5.69 Å². The molecule has 25 heavy (non-hydrogen) atoms. The van der Waals surface area contributed by atoms with Gasteiger partial charge in [0.2, 0.25) is 11.8 Å². The van der Waals surface area contributed by atoms with E-state index in [1.807, 2.05) is 43.3 Å². The van der Waals surface area contributed by atoms with Gasteiger partial charge in [-0.3, -0.25) is 9.59 Å². The van der Waals surface area contributed by atoms with Crippen LogP contribution in [-0.2, 0) is 9.59 Å². The van der Waals surface area contributed by atoms with Crippen LogP contribution in [0.3, 0.4) is 0 Å². The van der Waals surface area contributed by atoms with Gasteiger partial charge >= 0.3 is 0 Å². The summed E-state index contributed by atoms with van der Waals surface area (Å²) in [6.07, 6.45) is 2.63. The van der Waals surface area contributed by atoms with E-state index in [9.17, 15) is 9.59 Å². The van der Waals surface area contributed by atoms with Crippen molar-refractivity contribution in [3.63, 3.8) is 0 Å². The van der Waals surface area contributed by atoms with Crippen LogP contribution in [0.5, 0.6) is 0 Å². The fraction of sp³-hybridized carbons (Fsp3) is 0.316. The molecule has 2 aromatic rings. The highest BCUT2D eigenvalue weighted by atomic mass is 16.2. The van der Waals surface area contributed by atoms with Gasteiger partial charge in [-0.25, -0.2) is 4.68 Å². The quantitative estimate of drug-likeness (QED) is 0.871. The van der Waals surface area contributed by atoms with Crippen LogP contribution < -0.4 is 5.32 Å². The van der Waals surface area contributed by atoms with Gasteiger partial charge < -0.3 is 10.2 Å². The number of aryl methyl sites for hydroxylation is 1.